The molecule has 0 aliphatic heterocycles. The molecule has 13 heteroatoms. The molecule has 1 amide bonds. The Bertz CT molecular complexity index is 1240. The number of halogens is 7. The Hall–Kier alpha value is -3.12. The zero-order valence-electron chi connectivity index (χ0n) is 15.9. The van der Waals surface area contributed by atoms with E-state index in [1.807, 2.05) is 0 Å². The summed E-state index contributed by atoms with van der Waals surface area (Å²) < 4.78 is 83.1. The van der Waals surface area contributed by atoms with Crippen molar-refractivity contribution in [3.8, 4) is 5.69 Å². The molecule has 6 nitrogen and oxygen atoms in total. The minimum Gasteiger partial charge on any atom is -0.347 e. The van der Waals surface area contributed by atoms with Crippen molar-refractivity contribution in [2.45, 2.75) is 19.3 Å². The largest absolute Gasteiger partial charge is 0.522 e. The lowest BCUT2D eigenvalue weighted by atomic mass is 10.1. The van der Waals surface area contributed by atoms with Crippen LogP contribution in [0.1, 0.15) is 17.3 Å². The highest BCUT2D eigenvalue weighted by atomic mass is 35.5. The Morgan fingerprint density at radius 3 is 2.44 bits per heavy atom. The second kappa shape index (κ2) is 8.79. The van der Waals surface area contributed by atoms with Crippen LogP contribution in [-0.2, 0) is 4.74 Å². The van der Waals surface area contributed by atoms with Gasteiger partial charge in [0.25, 0.3) is 5.91 Å². The fraction of sp³-hybridized carbons (Fsp3) is 0.211. The minimum absolute atomic E-state index is 0.149. The van der Waals surface area contributed by atoms with Crippen LogP contribution in [-0.4, -0.2) is 34.5 Å². The van der Waals surface area contributed by atoms with Crippen molar-refractivity contribution in [2.24, 2.45) is 0 Å². The fourth-order valence-corrected chi connectivity index (χ4v) is 2.98. The molecule has 2 heterocycles. The van der Waals surface area contributed by atoms with E-state index in [1.165, 1.54) is 13.0 Å². The lowest BCUT2D eigenvalue weighted by Gasteiger charge is -2.17. The monoisotopic (exact) mass is 479 g/mol. The number of hydrogen-bond donors (Lipinski definition) is 1. The van der Waals surface area contributed by atoms with Gasteiger partial charge in [-0.15, -0.1) is 13.2 Å². The molecule has 0 radical (unpaired) electrons. The number of hydrogen-bond acceptors (Lipinski definition) is 4. The summed E-state index contributed by atoms with van der Waals surface area (Å²) in [5.41, 5.74) is -2.78. The van der Waals surface area contributed by atoms with Gasteiger partial charge in [0, 0.05) is 18.3 Å². The van der Waals surface area contributed by atoms with Gasteiger partial charge in [0.2, 0.25) is 5.43 Å². The van der Waals surface area contributed by atoms with Gasteiger partial charge in [0.1, 0.15) is 27.9 Å². The van der Waals surface area contributed by atoms with Crippen molar-refractivity contribution >= 4 is 28.5 Å². The van der Waals surface area contributed by atoms with E-state index in [0.29, 0.717) is 16.7 Å². The number of fused-ring (bicyclic) bond motifs is 1. The number of ether oxygens (including phenoxy) is 1. The first-order valence-corrected chi connectivity index (χ1v) is 9.13. The molecule has 0 bridgehead atoms. The quantitative estimate of drug-likeness (QED) is 0.441. The summed E-state index contributed by atoms with van der Waals surface area (Å²) in [5, 5.41) is 1.71. The van der Waals surface area contributed by atoms with Crippen molar-refractivity contribution in [3.63, 3.8) is 0 Å². The zero-order chi connectivity index (χ0) is 23.8. The lowest BCUT2D eigenvalue weighted by Crippen LogP contribution is -2.39. The van der Waals surface area contributed by atoms with Gasteiger partial charge >= 0.3 is 6.36 Å². The van der Waals surface area contributed by atoms with Gasteiger partial charge in [-0.3, -0.25) is 18.9 Å². The molecule has 1 aromatic carbocycles. The van der Waals surface area contributed by atoms with Crippen LogP contribution in [0.2, 0.25) is 5.15 Å². The van der Waals surface area contributed by atoms with Gasteiger partial charge < -0.3 is 5.32 Å². The van der Waals surface area contributed by atoms with Crippen LogP contribution in [0.5, 0.6) is 0 Å². The number of carbonyl (C=O) groups is 1. The van der Waals surface area contributed by atoms with Crippen LogP contribution < -0.4 is 10.7 Å². The van der Waals surface area contributed by atoms with E-state index in [1.54, 1.807) is 0 Å². The van der Waals surface area contributed by atoms with Crippen LogP contribution >= 0.6 is 11.6 Å². The van der Waals surface area contributed by atoms with Gasteiger partial charge in [-0.25, -0.2) is 18.2 Å². The molecule has 32 heavy (non-hydrogen) atoms. The molecule has 1 N–H and O–H groups in total. The number of aromatic nitrogens is 2. The minimum atomic E-state index is -4.93. The smallest absolute Gasteiger partial charge is 0.347 e. The predicted octanol–water partition coefficient (Wildman–Crippen LogP) is 4.11. The van der Waals surface area contributed by atoms with Crippen LogP contribution in [0.25, 0.3) is 16.7 Å². The van der Waals surface area contributed by atoms with Crippen LogP contribution in [0, 0.1) is 17.5 Å². The average Bonchev–Trinajstić information content (AvgIpc) is 2.66. The summed E-state index contributed by atoms with van der Waals surface area (Å²) >= 11 is 5.82. The molecule has 170 valence electrons. The second-order valence-corrected chi connectivity index (χ2v) is 6.98. The Morgan fingerprint density at radius 2 is 1.84 bits per heavy atom. The first-order valence-electron chi connectivity index (χ1n) is 8.75. The number of benzene rings is 1. The molecular weight excluding hydrogens is 468 g/mol. The van der Waals surface area contributed by atoms with E-state index in [-0.39, 0.29) is 16.2 Å². The molecule has 1 atom stereocenters. The second-order valence-electron chi connectivity index (χ2n) is 6.60. The summed E-state index contributed by atoms with van der Waals surface area (Å²) in [4.78, 5) is 29.2. The lowest BCUT2D eigenvalue weighted by molar-refractivity contribution is -0.325. The molecule has 3 rings (SSSR count). The molecule has 0 spiro atoms. The van der Waals surface area contributed by atoms with Crippen molar-refractivity contribution < 1.29 is 35.9 Å². The molecule has 0 saturated heterocycles. The number of carbonyl (C=O) groups excluding carboxylic acids is 1. The topological polar surface area (TPSA) is 73.2 Å². The zero-order valence-corrected chi connectivity index (χ0v) is 16.7. The van der Waals surface area contributed by atoms with Crippen molar-refractivity contribution in [3.05, 3.63) is 68.9 Å². The van der Waals surface area contributed by atoms with Crippen LogP contribution in [0.15, 0.2) is 35.3 Å². The van der Waals surface area contributed by atoms with E-state index < -0.39 is 59.0 Å². The molecule has 3 aromatic rings. The molecule has 0 saturated carbocycles. The third-order valence-corrected chi connectivity index (χ3v) is 4.37. The summed E-state index contributed by atoms with van der Waals surface area (Å²) in [6.07, 6.45) is -4.20. The highest BCUT2D eigenvalue weighted by Crippen LogP contribution is 2.24. The first-order chi connectivity index (χ1) is 14.9. The predicted molar refractivity (Wildman–Crippen MR) is 101 cm³/mol. The van der Waals surface area contributed by atoms with Gasteiger partial charge in [-0.1, -0.05) is 11.6 Å². The average molecular weight is 480 g/mol. The molecule has 0 aliphatic rings. The third-order valence-electron chi connectivity index (χ3n) is 4.16. The Morgan fingerprint density at radius 1 is 1.22 bits per heavy atom. The summed E-state index contributed by atoms with van der Waals surface area (Å²) in [6, 6.07) is 1.91. The first kappa shape index (κ1) is 23.5. The maximum atomic E-state index is 14.4. The highest BCUT2D eigenvalue weighted by Gasteiger charge is 2.30. The van der Waals surface area contributed by atoms with Crippen molar-refractivity contribution in [1.29, 1.82) is 0 Å². The molecule has 0 fully saturated rings. The maximum Gasteiger partial charge on any atom is 0.522 e. The maximum absolute atomic E-state index is 14.4. The van der Waals surface area contributed by atoms with E-state index in [4.69, 9.17) is 11.6 Å². The normalized spacial score (nSPS) is 12.8. The van der Waals surface area contributed by atoms with Gasteiger partial charge in [0.15, 0.2) is 11.6 Å². The third kappa shape index (κ3) is 5.02. The number of amides is 1. The number of nitrogens with one attached hydrogen (secondary N) is 1. The van der Waals surface area contributed by atoms with Gasteiger partial charge in [-0.2, -0.15) is 0 Å². The van der Waals surface area contributed by atoms with Gasteiger partial charge in [-0.05, 0) is 19.1 Å². The number of nitrogens with zero attached hydrogens (tertiary/aromatic N) is 2. The number of rotatable bonds is 5. The summed E-state index contributed by atoms with van der Waals surface area (Å²) in [7, 11) is 0. The Labute approximate surface area is 180 Å². The number of pyridine rings is 2. The van der Waals surface area contributed by atoms with Crippen molar-refractivity contribution in [1.82, 2.24) is 14.9 Å². The molecule has 2 aromatic heterocycles. The molecule has 0 unspecified atom stereocenters. The van der Waals surface area contributed by atoms with Gasteiger partial charge in [0.05, 0.1) is 18.0 Å². The molecular formula is C19H12ClF6N3O3. The summed E-state index contributed by atoms with van der Waals surface area (Å²) in [6.45, 7) is 0.235. The van der Waals surface area contributed by atoms with E-state index in [0.717, 1.165) is 12.3 Å². The number of alkyl halides is 3. The van der Waals surface area contributed by atoms with Crippen LogP contribution in [0.4, 0.5) is 26.3 Å². The Balaban J connectivity index is 2.14. The SMILES string of the molecule is C[C@@H](COC(F)(F)F)NC(=O)c1cn(-c2c(F)cc(F)cc2F)c2nc(Cl)ccc2c1=O. The standard InChI is InChI=1S/C19H12ClF6N3O3/c1-8(7-32-19(24,25)26)27-18(31)11-6-29(15-12(22)4-9(21)5-13(15)23)17-10(16(11)30)2-3-14(20)28-17/h2-6,8H,7H2,1H3,(H,27,31)/t8-/m0/s1. The van der Waals surface area contributed by atoms with E-state index in [2.05, 4.69) is 15.0 Å². The van der Waals surface area contributed by atoms with Crippen LogP contribution in [0.3, 0.4) is 0 Å². The van der Waals surface area contributed by atoms with Crippen molar-refractivity contribution in [2.75, 3.05) is 6.61 Å². The summed E-state index contributed by atoms with van der Waals surface area (Å²) in [5.74, 6) is -5.08. The fourth-order valence-electron chi connectivity index (χ4n) is 2.84. The molecule has 0 aliphatic carbocycles. The van der Waals surface area contributed by atoms with E-state index in [9.17, 15) is 35.9 Å². The Kier molecular flexibility index (Phi) is 6.46. The highest BCUT2D eigenvalue weighted by molar-refractivity contribution is 6.29. The van der Waals surface area contributed by atoms with E-state index >= 15 is 0 Å².